The van der Waals surface area contributed by atoms with Crippen molar-refractivity contribution in [2.24, 2.45) is 0 Å². The number of amides is 1. The maximum absolute atomic E-state index is 14.0. The van der Waals surface area contributed by atoms with E-state index in [1.54, 1.807) is 0 Å². The van der Waals surface area contributed by atoms with Crippen LogP contribution in [0.1, 0.15) is 10.4 Å². The van der Waals surface area contributed by atoms with E-state index < -0.39 is 38.9 Å². The van der Waals surface area contributed by atoms with Crippen molar-refractivity contribution in [1.29, 1.82) is 0 Å². The normalized spacial score (nSPS) is 11.3. The minimum Gasteiger partial charge on any atom is -0.373 e. The molecule has 2 aromatic carbocycles. The Kier molecular flexibility index (Phi) is 5.57. The number of carbonyl (C=O) groups is 1. The standard InChI is InChI=1S/C16H16F3N3O3S/c1-20-26(24,25)10-4-5-12(17)11(8-10)16(23)21-9-6-13(18)15(22(2)3)14(19)7-9/h4-8,20H,1-3H3,(H,21,23). The van der Waals surface area contributed by atoms with Crippen LogP contribution in [-0.4, -0.2) is 35.5 Å². The van der Waals surface area contributed by atoms with Gasteiger partial charge in [-0.2, -0.15) is 0 Å². The molecule has 0 aromatic heterocycles. The zero-order valence-corrected chi connectivity index (χ0v) is 14.9. The predicted molar refractivity (Wildman–Crippen MR) is 91.3 cm³/mol. The molecule has 0 saturated heterocycles. The van der Waals surface area contributed by atoms with E-state index in [1.807, 2.05) is 4.72 Å². The molecule has 0 aliphatic rings. The molecule has 10 heteroatoms. The molecule has 0 bridgehead atoms. The van der Waals surface area contributed by atoms with E-state index in [4.69, 9.17) is 0 Å². The van der Waals surface area contributed by atoms with Crippen molar-refractivity contribution in [2.45, 2.75) is 4.90 Å². The second kappa shape index (κ2) is 7.34. The zero-order chi connectivity index (χ0) is 19.6. The van der Waals surface area contributed by atoms with Crippen molar-refractivity contribution >= 4 is 27.3 Å². The van der Waals surface area contributed by atoms with Crippen molar-refractivity contribution in [3.63, 3.8) is 0 Å². The number of hydrogen-bond acceptors (Lipinski definition) is 4. The average molecular weight is 387 g/mol. The third kappa shape index (κ3) is 3.97. The van der Waals surface area contributed by atoms with Crippen LogP contribution in [0.4, 0.5) is 24.5 Å². The molecule has 0 saturated carbocycles. The molecule has 1 amide bonds. The van der Waals surface area contributed by atoms with Gasteiger partial charge >= 0.3 is 0 Å². The van der Waals surface area contributed by atoms with E-state index in [0.29, 0.717) is 0 Å². The molecule has 2 N–H and O–H groups in total. The maximum atomic E-state index is 14.0. The predicted octanol–water partition coefficient (Wildman–Crippen LogP) is 2.33. The number of anilines is 2. The summed E-state index contributed by atoms with van der Waals surface area (Å²) in [7, 11) is 0.163. The van der Waals surface area contributed by atoms with Crippen molar-refractivity contribution in [1.82, 2.24) is 4.72 Å². The summed E-state index contributed by atoms with van der Waals surface area (Å²) in [6.07, 6.45) is 0. The third-order valence-corrected chi connectivity index (χ3v) is 4.90. The van der Waals surface area contributed by atoms with E-state index in [-0.39, 0.29) is 16.3 Å². The molecule has 26 heavy (non-hydrogen) atoms. The third-order valence-electron chi connectivity index (χ3n) is 3.48. The molecular formula is C16H16F3N3O3S. The highest BCUT2D eigenvalue weighted by Gasteiger charge is 2.20. The van der Waals surface area contributed by atoms with Crippen molar-refractivity contribution < 1.29 is 26.4 Å². The average Bonchev–Trinajstić information content (AvgIpc) is 2.53. The summed E-state index contributed by atoms with van der Waals surface area (Å²) < 4.78 is 67.4. The number of hydrogen-bond donors (Lipinski definition) is 2. The lowest BCUT2D eigenvalue weighted by Gasteiger charge is -2.16. The minimum atomic E-state index is -3.89. The molecule has 0 radical (unpaired) electrons. The van der Waals surface area contributed by atoms with Crippen LogP contribution in [0.25, 0.3) is 0 Å². The van der Waals surface area contributed by atoms with Crippen LogP contribution in [-0.2, 0) is 10.0 Å². The molecule has 140 valence electrons. The van der Waals surface area contributed by atoms with E-state index in [9.17, 15) is 26.4 Å². The quantitative estimate of drug-likeness (QED) is 0.826. The lowest BCUT2D eigenvalue weighted by Crippen LogP contribution is -2.20. The van der Waals surface area contributed by atoms with Gasteiger partial charge in [0.2, 0.25) is 10.0 Å². The molecule has 0 atom stereocenters. The summed E-state index contributed by atoms with van der Waals surface area (Å²) >= 11 is 0. The number of sulfonamides is 1. The van der Waals surface area contributed by atoms with E-state index in [1.165, 1.54) is 19.0 Å². The minimum absolute atomic E-state index is 0.239. The van der Waals surface area contributed by atoms with Gasteiger partial charge in [-0.15, -0.1) is 0 Å². The Morgan fingerprint density at radius 3 is 2.08 bits per heavy atom. The first kappa shape index (κ1) is 19.7. The number of nitrogens with one attached hydrogen (secondary N) is 2. The number of rotatable bonds is 5. The van der Waals surface area contributed by atoms with Crippen LogP contribution in [0.3, 0.4) is 0 Å². The summed E-state index contributed by atoms with van der Waals surface area (Å²) in [6, 6.07) is 4.39. The number of halogens is 3. The summed E-state index contributed by atoms with van der Waals surface area (Å²) in [6.45, 7) is 0. The Hall–Kier alpha value is -2.59. The highest BCUT2D eigenvalue weighted by molar-refractivity contribution is 7.89. The van der Waals surface area contributed by atoms with Crippen LogP contribution in [0.5, 0.6) is 0 Å². The summed E-state index contributed by atoms with van der Waals surface area (Å²) in [5.74, 6) is -3.87. The Labute approximate surface area is 148 Å². The van der Waals surface area contributed by atoms with Gasteiger partial charge in [0.1, 0.15) is 11.5 Å². The van der Waals surface area contributed by atoms with Gasteiger partial charge in [0.15, 0.2) is 11.6 Å². The van der Waals surface area contributed by atoms with Crippen LogP contribution in [0.15, 0.2) is 35.2 Å². The molecule has 0 aliphatic carbocycles. The monoisotopic (exact) mass is 387 g/mol. The smallest absolute Gasteiger partial charge is 0.258 e. The Balaban J connectivity index is 2.38. The second-order valence-corrected chi connectivity index (χ2v) is 7.37. The van der Waals surface area contributed by atoms with E-state index in [2.05, 4.69) is 5.32 Å². The summed E-state index contributed by atoms with van der Waals surface area (Å²) in [4.78, 5) is 13.1. The molecule has 6 nitrogen and oxygen atoms in total. The van der Waals surface area contributed by atoms with Crippen LogP contribution < -0.4 is 14.9 Å². The van der Waals surface area contributed by atoms with Gasteiger partial charge in [-0.05, 0) is 37.4 Å². The number of nitrogens with zero attached hydrogens (tertiary/aromatic N) is 1. The van der Waals surface area contributed by atoms with E-state index >= 15 is 0 Å². The maximum Gasteiger partial charge on any atom is 0.258 e. The van der Waals surface area contributed by atoms with Crippen molar-refractivity contribution in [3.8, 4) is 0 Å². The molecule has 0 spiro atoms. The first-order valence-corrected chi connectivity index (χ1v) is 8.76. The van der Waals surface area contributed by atoms with Crippen LogP contribution in [0, 0.1) is 17.5 Å². The van der Waals surface area contributed by atoms with E-state index in [0.717, 1.165) is 37.4 Å². The molecule has 2 rings (SSSR count). The Bertz CT molecular complexity index is 939. The van der Waals surface area contributed by atoms with Gasteiger partial charge in [-0.25, -0.2) is 26.3 Å². The van der Waals surface area contributed by atoms with Crippen LogP contribution >= 0.6 is 0 Å². The number of carbonyl (C=O) groups excluding carboxylic acids is 1. The topological polar surface area (TPSA) is 78.5 Å². The van der Waals surface area contributed by atoms with Gasteiger partial charge in [-0.1, -0.05) is 0 Å². The zero-order valence-electron chi connectivity index (χ0n) is 14.1. The van der Waals surface area contributed by atoms with Gasteiger partial charge in [0.25, 0.3) is 5.91 Å². The first-order chi connectivity index (χ1) is 12.1. The molecule has 0 unspecified atom stereocenters. The largest absolute Gasteiger partial charge is 0.373 e. The number of benzene rings is 2. The molecule has 0 heterocycles. The second-order valence-electron chi connectivity index (χ2n) is 5.49. The lowest BCUT2D eigenvalue weighted by molar-refractivity contribution is 0.102. The SMILES string of the molecule is CNS(=O)(=O)c1ccc(F)c(C(=O)Nc2cc(F)c(N(C)C)c(F)c2)c1. The molecular weight excluding hydrogens is 371 g/mol. The highest BCUT2D eigenvalue weighted by atomic mass is 32.2. The van der Waals surface area contributed by atoms with Crippen LogP contribution in [0.2, 0.25) is 0 Å². The van der Waals surface area contributed by atoms with Gasteiger partial charge < -0.3 is 10.2 Å². The molecule has 2 aromatic rings. The Morgan fingerprint density at radius 1 is 1.00 bits per heavy atom. The fourth-order valence-corrected chi connectivity index (χ4v) is 2.98. The molecule has 0 fully saturated rings. The highest BCUT2D eigenvalue weighted by Crippen LogP contribution is 2.26. The van der Waals surface area contributed by atoms with Gasteiger partial charge in [-0.3, -0.25) is 4.79 Å². The summed E-state index contributed by atoms with van der Waals surface area (Å²) in [5.41, 5.74) is -1.12. The Morgan fingerprint density at radius 2 is 1.58 bits per heavy atom. The van der Waals surface area contributed by atoms with Crippen molar-refractivity contribution in [2.75, 3.05) is 31.4 Å². The molecule has 0 aliphatic heterocycles. The summed E-state index contributed by atoms with van der Waals surface area (Å²) in [5, 5.41) is 2.15. The van der Waals surface area contributed by atoms with Gasteiger partial charge in [0, 0.05) is 19.8 Å². The van der Waals surface area contributed by atoms with Gasteiger partial charge in [0.05, 0.1) is 10.5 Å². The first-order valence-electron chi connectivity index (χ1n) is 7.27. The van der Waals surface area contributed by atoms with Crippen molar-refractivity contribution in [3.05, 3.63) is 53.3 Å². The fraction of sp³-hybridized carbons (Fsp3) is 0.188. The lowest BCUT2D eigenvalue weighted by atomic mass is 10.2. The fourth-order valence-electron chi connectivity index (χ4n) is 2.23.